The molecule has 0 spiro atoms. The Bertz CT molecular complexity index is 756. The normalized spacial score (nSPS) is 15.4. The van der Waals surface area contributed by atoms with Crippen molar-refractivity contribution in [2.75, 3.05) is 17.7 Å². The van der Waals surface area contributed by atoms with Crippen LogP contribution >= 0.6 is 0 Å². The summed E-state index contributed by atoms with van der Waals surface area (Å²) in [5.41, 5.74) is 5.41. The minimum atomic E-state index is 0.150. The van der Waals surface area contributed by atoms with Gasteiger partial charge in [0.05, 0.1) is 24.7 Å². The number of methoxy groups -OCH3 is 1. The predicted octanol–water partition coefficient (Wildman–Crippen LogP) is 6.18. The molecule has 1 saturated carbocycles. The van der Waals surface area contributed by atoms with Crippen LogP contribution in [0.3, 0.4) is 0 Å². The fourth-order valence-electron chi connectivity index (χ4n) is 3.74. The first-order chi connectivity index (χ1) is 12.9. The molecule has 1 aliphatic rings. The number of ether oxygens (including phenoxy) is 1. The van der Waals surface area contributed by atoms with E-state index in [2.05, 4.69) is 60.7 Å². The predicted molar refractivity (Wildman–Crippen MR) is 114 cm³/mol. The van der Waals surface area contributed by atoms with E-state index in [-0.39, 0.29) is 5.41 Å². The van der Waals surface area contributed by atoms with E-state index >= 15 is 0 Å². The van der Waals surface area contributed by atoms with Gasteiger partial charge >= 0.3 is 0 Å². The number of anilines is 3. The van der Waals surface area contributed by atoms with Gasteiger partial charge in [-0.25, -0.2) is 0 Å². The number of nitrogens with one attached hydrogen (secondary N) is 2. The second-order valence-electron chi connectivity index (χ2n) is 8.60. The van der Waals surface area contributed by atoms with Crippen LogP contribution in [0, 0.1) is 6.92 Å². The number of nitrogens with zero attached hydrogens (tertiary/aromatic N) is 1. The van der Waals surface area contributed by atoms with Gasteiger partial charge in [0.15, 0.2) is 5.75 Å². The summed E-state index contributed by atoms with van der Waals surface area (Å²) in [6, 6.07) is 9.17. The molecule has 0 radical (unpaired) electrons. The van der Waals surface area contributed by atoms with Gasteiger partial charge in [-0.15, -0.1) is 0 Å². The van der Waals surface area contributed by atoms with Crippen molar-refractivity contribution in [3.63, 3.8) is 0 Å². The topological polar surface area (TPSA) is 46.2 Å². The summed E-state index contributed by atoms with van der Waals surface area (Å²) in [5.74, 6) is 0.802. The van der Waals surface area contributed by atoms with Crippen molar-refractivity contribution in [2.24, 2.45) is 0 Å². The summed E-state index contributed by atoms with van der Waals surface area (Å²) in [5, 5.41) is 7.28. The molecule has 1 aliphatic carbocycles. The lowest BCUT2D eigenvalue weighted by molar-refractivity contribution is 0.411. The number of rotatable bonds is 5. The molecule has 1 aromatic heterocycles. The Kier molecular flexibility index (Phi) is 5.93. The van der Waals surface area contributed by atoms with Gasteiger partial charge in [0.1, 0.15) is 5.69 Å². The van der Waals surface area contributed by atoms with Crippen molar-refractivity contribution < 1.29 is 4.74 Å². The van der Waals surface area contributed by atoms with Crippen molar-refractivity contribution >= 4 is 17.1 Å². The van der Waals surface area contributed by atoms with Gasteiger partial charge in [-0.05, 0) is 42.9 Å². The molecule has 0 saturated heterocycles. The molecule has 4 nitrogen and oxygen atoms in total. The molecular formula is C23H33N3O. The molecule has 1 aromatic carbocycles. The molecule has 1 fully saturated rings. The van der Waals surface area contributed by atoms with Gasteiger partial charge in [-0.2, -0.15) is 0 Å². The Hall–Kier alpha value is -2.23. The summed E-state index contributed by atoms with van der Waals surface area (Å²) in [4.78, 5) is 4.54. The Morgan fingerprint density at radius 1 is 1.04 bits per heavy atom. The first-order valence-electron chi connectivity index (χ1n) is 10.1. The SMILES string of the molecule is COc1c(C)ncc(NC2CCCCC2)c1Nc1ccc(C(C)(C)C)cc1. The number of aryl methyl sites for hydroxylation is 1. The van der Waals surface area contributed by atoms with Crippen LogP contribution in [0.25, 0.3) is 0 Å². The quantitative estimate of drug-likeness (QED) is 0.662. The molecule has 1 heterocycles. The third-order valence-corrected chi connectivity index (χ3v) is 5.40. The Labute approximate surface area is 163 Å². The highest BCUT2D eigenvalue weighted by atomic mass is 16.5. The minimum Gasteiger partial charge on any atom is -0.493 e. The van der Waals surface area contributed by atoms with Gasteiger partial charge in [0.2, 0.25) is 0 Å². The van der Waals surface area contributed by atoms with Crippen LogP contribution in [0.4, 0.5) is 17.1 Å². The van der Waals surface area contributed by atoms with Gasteiger partial charge in [-0.1, -0.05) is 52.2 Å². The van der Waals surface area contributed by atoms with Gasteiger partial charge < -0.3 is 15.4 Å². The van der Waals surface area contributed by atoms with E-state index in [4.69, 9.17) is 4.74 Å². The average molecular weight is 368 g/mol. The summed E-state index contributed by atoms with van der Waals surface area (Å²) in [6.45, 7) is 8.68. The molecule has 0 aliphatic heterocycles. The maximum absolute atomic E-state index is 5.69. The van der Waals surface area contributed by atoms with Crippen LogP contribution in [0.15, 0.2) is 30.5 Å². The Morgan fingerprint density at radius 3 is 2.30 bits per heavy atom. The van der Waals surface area contributed by atoms with Crippen LogP contribution < -0.4 is 15.4 Å². The molecule has 146 valence electrons. The third kappa shape index (κ3) is 4.74. The maximum atomic E-state index is 5.69. The number of hydrogen-bond acceptors (Lipinski definition) is 4. The molecule has 0 unspecified atom stereocenters. The van der Waals surface area contributed by atoms with Crippen molar-refractivity contribution in [3.05, 3.63) is 41.7 Å². The first-order valence-corrected chi connectivity index (χ1v) is 10.1. The van der Waals surface area contributed by atoms with E-state index in [1.807, 2.05) is 13.1 Å². The van der Waals surface area contributed by atoms with E-state index in [1.54, 1.807) is 7.11 Å². The van der Waals surface area contributed by atoms with Crippen molar-refractivity contribution in [3.8, 4) is 5.75 Å². The Morgan fingerprint density at radius 2 is 1.70 bits per heavy atom. The van der Waals surface area contributed by atoms with Crippen LogP contribution in [-0.4, -0.2) is 18.1 Å². The highest BCUT2D eigenvalue weighted by Crippen LogP contribution is 2.38. The van der Waals surface area contributed by atoms with Crippen molar-refractivity contribution in [2.45, 2.75) is 71.3 Å². The van der Waals surface area contributed by atoms with E-state index in [1.165, 1.54) is 37.7 Å². The number of hydrogen-bond donors (Lipinski definition) is 2. The van der Waals surface area contributed by atoms with E-state index in [9.17, 15) is 0 Å². The largest absolute Gasteiger partial charge is 0.493 e. The second-order valence-corrected chi connectivity index (χ2v) is 8.60. The summed E-state index contributed by atoms with van der Waals surface area (Å²) in [7, 11) is 1.71. The fourth-order valence-corrected chi connectivity index (χ4v) is 3.74. The minimum absolute atomic E-state index is 0.150. The van der Waals surface area contributed by atoms with Gasteiger partial charge in [-0.3, -0.25) is 4.98 Å². The zero-order valence-electron chi connectivity index (χ0n) is 17.4. The fraction of sp³-hybridized carbons (Fsp3) is 0.522. The molecule has 3 rings (SSSR count). The van der Waals surface area contributed by atoms with Crippen molar-refractivity contribution in [1.82, 2.24) is 4.98 Å². The Balaban J connectivity index is 1.88. The molecular weight excluding hydrogens is 334 g/mol. The molecule has 0 bridgehead atoms. The lowest BCUT2D eigenvalue weighted by Gasteiger charge is -2.26. The van der Waals surface area contributed by atoms with E-state index < -0.39 is 0 Å². The first kappa shape index (κ1) is 19.5. The average Bonchev–Trinajstić information content (AvgIpc) is 2.65. The van der Waals surface area contributed by atoms with Crippen LogP contribution in [0.1, 0.15) is 64.1 Å². The number of benzene rings is 1. The lowest BCUT2D eigenvalue weighted by atomic mass is 9.87. The van der Waals surface area contributed by atoms with Gasteiger partial charge in [0.25, 0.3) is 0 Å². The molecule has 0 amide bonds. The summed E-state index contributed by atoms with van der Waals surface area (Å²) in [6.07, 6.45) is 8.30. The molecule has 2 aromatic rings. The molecule has 0 atom stereocenters. The number of aromatic nitrogens is 1. The lowest BCUT2D eigenvalue weighted by Crippen LogP contribution is -2.23. The van der Waals surface area contributed by atoms with E-state index in [0.717, 1.165) is 28.5 Å². The van der Waals surface area contributed by atoms with Crippen LogP contribution in [0.2, 0.25) is 0 Å². The smallest absolute Gasteiger partial charge is 0.165 e. The summed E-state index contributed by atoms with van der Waals surface area (Å²) < 4.78 is 5.69. The highest BCUT2D eigenvalue weighted by molar-refractivity contribution is 5.80. The highest BCUT2D eigenvalue weighted by Gasteiger charge is 2.19. The number of pyridine rings is 1. The van der Waals surface area contributed by atoms with Crippen LogP contribution in [0.5, 0.6) is 5.75 Å². The monoisotopic (exact) mass is 367 g/mol. The molecule has 2 N–H and O–H groups in total. The zero-order chi connectivity index (χ0) is 19.4. The summed E-state index contributed by atoms with van der Waals surface area (Å²) >= 11 is 0. The molecule has 27 heavy (non-hydrogen) atoms. The molecule has 4 heteroatoms. The third-order valence-electron chi connectivity index (χ3n) is 5.40. The van der Waals surface area contributed by atoms with Crippen LogP contribution in [-0.2, 0) is 5.41 Å². The van der Waals surface area contributed by atoms with Gasteiger partial charge in [0, 0.05) is 11.7 Å². The second kappa shape index (κ2) is 8.20. The standard InChI is InChI=1S/C23H33N3O/c1-16-22(27-5)21(20(15-24-16)25-18-9-7-6-8-10-18)26-19-13-11-17(12-14-19)23(2,3)4/h11-15,18,25H,6-10H2,1-5H3,(H,24,26). The maximum Gasteiger partial charge on any atom is 0.165 e. The van der Waals surface area contributed by atoms with E-state index in [0.29, 0.717) is 6.04 Å². The zero-order valence-corrected chi connectivity index (χ0v) is 17.4. The van der Waals surface area contributed by atoms with Crippen molar-refractivity contribution in [1.29, 1.82) is 0 Å².